The molecule has 0 saturated carbocycles. The van der Waals surface area contributed by atoms with E-state index in [2.05, 4.69) is 27.2 Å². The van der Waals surface area contributed by atoms with Crippen molar-refractivity contribution in [2.75, 3.05) is 10.0 Å². The number of hydrogen-bond donors (Lipinski definition) is 3. The fourth-order valence-corrected chi connectivity index (χ4v) is 4.02. The summed E-state index contributed by atoms with van der Waals surface area (Å²) >= 11 is 0.957. The van der Waals surface area contributed by atoms with Gasteiger partial charge in [0, 0.05) is 12.1 Å². The van der Waals surface area contributed by atoms with Gasteiger partial charge >= 0.3 is 0 Å². The van der Waals surface area contributed by atoms with Gasteiger partial charge < -0.3 is 10.4 Å². The highest BCUT2D eigenvalue weighted by molar-refractivity contribution is 7.93. The van der Waals surface area contributed by atoms with Gasteiger partial charge in [0.1, 0.15) is 5.01 Å². The van der Waals surface area contributed by atoms with Crippen LogP contribution in [0.15, 0.2) is 29.2 Å². The smallest absolute Gasteiger partial charge is 0.263 e. The van der Waals surface area contributed by atoms with Crippen molar-refractivity contribution in [1.29, 1.82) is 0 Å². The third-order valence-corrected chi connectivity index (χ3v) is 5.84. The summed E-state index contributed by atoms with van der Waals surface area (Å²) in [4.78, 5) is 11.9. The number of rotatable bonds is 10. The Morgan fingerprint density at radius 1 is 1.15 bits per heavy atom. The summed E-state index contributed by atoms with van der Waals surface area (Å²) in [5, 5.41) is 19.4. The number of unbranched alkanes of at least 4 members (excludes halogenated alkanes) is 3. The molecule has 0 aliphatic carbocycles. The van der Waals surface area contributed by atoms with Crippen molar-refractivity contribution in [1.82, 2.24) is 10.2 Å². The van der Waals surface area contributed by atoms with Crippen LogP contribution in [-0.4, -0.2) is 29.6 Å². The van der Waals surface area contributed by atoms with Gasteiger partial charge in [-0.25, -0.2) is 8.42 Å². The summed E-state index contributed by atoms with van der Waals surface area (Å²) in [6, 6.07) is 5.89. The van der Waals surface area contributed by atoms with E-state index < -0.39 is 10.0 Å². The zero-order chi connectivity index (χ0) is 19.0. The predicted molar refractivity (Wildman–Crippen MR) is 100 cm³/mol. The average molecular weight is 399 g/mol. The van der Waals surface area contributed by atoms with Gasteiger partial charge in [-0.05, 0) is 30.7 Å². The molecule has 1 aromatic heterocycles. The van der Waals surface area contributed by atoms with Crippen LogP contribution in [0.1, 0.15) is 44.0 Å². The van der Waals surface area contributed by atoms with E-state index in [0.717, 1.165) is 37.0 Å². The van der Waals surface area contributed by atoms with Crippen LogP contribution < -0.4 is 10.0 Å². The Labute approximate surface area is 156 Å². The van der Waals surface area contributed by atoms with Gasteiger partial charge in [-0.1, -0.05) is 37.5 Å². The van der Waals surface area contributed by atoms with E-state index in [1.165, 1.54) is 24.3 Å². The Balaban J connectivity index is 1.94. The quantitative estimate of drug-likeness (QED) is 0.529. The van der Waals surface area contributed by atoms with Crippen LogP contribution in [0.3, 0.4) is 0 Å². The number of carbonyl (C=O) groups excluding carboxylic acids is 1. The summed E-state index contributed by atoms with van der Waals surface area (Å²) in [5.41, 5.74) is 0.544. The lowest BCUT2D eigenvalue weighted by molar-refractivity contribution is -0.116. The monoisotopic (exact) mass is 398 g/mol. The van der Waals surface area contributed by atoms with Crippen LogP contribution in [0, 0.1) is 0 Å². The van der Waals surface area contributed by atoms with Crippen LogP contribution in [0.4, 0.5) is 10.8 Å². The third-order valence-electron chi connectivity index (χ3n) is 3.53. The molecule has 0 radical (unpaired) electrons. The molecular formula is C16H22N4O4S2. The molecule has 0 aliphatic heterocycles. The van der Waals surface area contributed by atoms with E-state index in [9.17, 15) is 13.2 Å². The van der Waals surface area contributed by atoms with Gasteiger partial charge in [0.2, 0.25) is 11.0 Å². The molecule has 3 N–H and O–H groups in total. The molecule has 0 spiro atoms. The van der Waals surface area contributed by atoms with Crippen LogP contribution >= 0.6 is 11.3 Å². The van der Waals surface area contributed by atoms with Gasteiger partial charge in [0.05, 0.1) is 11.5 Å². The lowest BCUT2D eigenvalue weighted by atomic mass is 10.1. The molecule has 2 aromatic rings. The highest BCUT2D eigenvalue weighted by Crippen LogP contribution is 2.21. The number of hydrogen-bond acceptors (Lipinski definition) is 7. The molecule has 26 heavy (non-hydrogen) atoms. The maximum Gasteiger partial charge on any atom is 0.263 e. The summed E-state index contributed by atoms with van der Waals surface area (Å²) < 4.78 is 26.9. The molecule has 8 nitrogen and oxygen atoms in total. The highest BCUT2D eigenvalue weighted by Gasteiger charge is 2.17. The average Bonchev–Trinajstić information content (AvgIpc) is 3.06. The van der Waals surface area contributed by atoms with Gasteiger partial charge in [-0.15, -0.1) is 10.2 Å². The second-order valence-corrected chi connectivity index (χ2v) is 8.39. The van der Waals surface area contributed by atoms with Crippen molar-refractivity contribution < 1.29 is 18.3 Å². The molecule has 142 valence electrons. The van der Waals surface area contributed by atoms with E-state index in [1.807, 2.05) is 0 Å². The Morgan fingerprint density at radius 2 is 1.88 bits per heavy atom. The van der Waals surface area contributed by atoms with Crippen molar-refractivity contribution in [2.24, 2.45) is 0 Å². The van der Waals surface area contributed by atoms with Gasteiger partial charge in [0.25, 0.3) is 10.0 Å². The van der Waals surface area contributed by atoms with Crippen LogP contribution in [-0.2, 0) is 21.4 Å². The maximum absolute atomic E-state index is 12.3. The molecule has 0 atom stereocenters. The number of aliphatic hydroxyl groups excluding tert-OH is 1. The molecule has 2 rings (SSSR count). The minimum atomic E-state index is -3.81. The van der Waals surface area contributed by atoms with Crippen molar-refractivity contribution in [3.8, 4) is 0 Å². The summed E-state index contributed by atoms with van der Waals surface area (Å²) in [6.45, 7) is 1.81. The third kappa shape index (κ3) is 6.04. The van der Waals surface area contributed by atoms with Gasteiger partial charge in [0.15, 0.2) is 0 Å². The molecule has 1 amide bonds. The number of amides is 1. The number of aliphatic hydroxyl groups is 1. The van der Waals surface area contributed by atoms with E-state index in [4.69, 9.17) is 5.11 Å². The predicted octanol–water partition coefficient (Wildman–Crippen LogP) is 2.74. The lowest BCUT2D eigenvalue weighted by Crippen LogP contribution is -2.14. The van der Waals surface area contributed by atoms with Crippen LogP contribution in [0.2, 0.25) is 0 Å². The van der Waals surface area contributed by atoms with Crippen molar-refractivity contribution in [2.45, 2.75) is 50.5 Å². The van der Waals surface area contributed by atoms with Crippen LogP contribution in [0.5, 0.6) is 0 Å². The molecule has 1 aromatic carbocycles. The molecule has 0 fully saturated rings. The maximum atomic E-state index is 12.3. The number of aromatic nitrogens is 2. The number of benzene rings is 1. The normalized spacial score (nSPS) is 11.3. The topological polar surface area (TPSA) is 121 Å². The SMILES string of the molecule is CCCCCCC(=O)Nc1ccc(S(=O)(=O)Nc2nnc(CO)s2)cc1. The highest BCUT2D eigenvalue weighted by atomic mass is 32.2. The second kappa shape index (κ2) is 9.60. The van der Waals surface area contributed by atoms with E-state index in [1.54, 1.807) is 0 Å². The minimum absolute atomic E-state index is 0.0409. The Hall–Kier alpha value is -2.04. The molecular weight excluding hydrogens is 376 g/mol. The Morgan fingerprint density at radius 3 is 2.50 bits per heavy atom. The molecule has 10 heteroatoms. The first-order chi connectivity index (χ1) is 12.4. The fraction of sp³-hybridized carbons (Fsp3) is 0.438. The first-order valence-corrected chi connectivity index (χ1v) is 10.6. The van der Waals surface area contributed by atoms with E-state index in [-0.39, 0.29) is 22.5 Å². The van der Waals surface area contributed by atoms with Crippen molar-refractivity contribution in [3.05, 3.63) is 29.3 Å². The molecule has 0 saturated heterocycles. The summed E-state index contributed by atoms with van der Waals surface area (Å²) in [7, 11) is -3.81. The van der Waals surface area contributed by atoms with Gasteiger partial charge in [-0.2, -0.15) is 0 Å². The molecule has 0 aliphatic rings. The minimum Gasteiger partial charge on any atom is -0.389 e. The Bertz CT molecular complexity index is 819. The lowest BCUT2D eigenvalue weighted by Gasteiger charge is -2.08. The first-order valence-electron chi connectivity index (χ1n) is 8.30. The van der Waals surface area contributed by atoms with Crippen molar-refractivity contribution >= 4 is 38.1 Å². The standard InChI is InChI=1S/C16H22N4O4S2/c1-2-3-4-5-6-14(22)17-12-7-9-13(10-8-12)26(23,24)20-16-19-18-15(11-21)25-16/h7-10,21H,2-6,11H2,1H3,(H,17,22)(H,19,20). The number of nitrogens with zero attached hydrogens (tertiary/aromatic N) is 2. The zero-order valence-electron chi connectivity index (χ0n) is 14.4. The molecule has 0 unspecified atom stereocenters. The summed E-state index contributed by atoms with van der Waals surface area (Å²) in [5.74, 6) is -0.0831. The first kappa shape index (κ1) is 20.3. The van der Waals surface area contributed by atoms with Crippen LogP contribution in [0.25, 0.3) is 0 Å². The molecule has 1 heterocycles. The summed E-state index contributed by atoms with van der Waals surface area (Å²) in [6.07, 6.45) is 4.54. The number of anilines is 2. The Kier molecular flexibility index (Phi) is 7.49. The molecule has 0 bridgehead atoms. The number of sulfonamides is 1. The van der Waals surface area contributed by atoms with E-state index in [0.29, 0.717) is 17.1 Å². The second-order valence-electron chi connectivity index (χ2n) is 5.65. The van der Waals surface area contributed by atoms with Gasteiger partial charge in [-0.3, -0.25) is 9.52 Å². The number of nitrogens with one attached hydrogen (secondary N) is 2. The number of carbonyl (C=O) groups is 1. The van der Waals surface area contributed by atoms with Crippen molar-refractivity contribution in [3.63, 3.8) is 0 Å². The largest absolute Gasteiger partial charge is 0.389 e. The fourth-order valence-electron chi connectivity index (χ4n) is 2.19. The van der Waals surface area contributed by atoms with E-state index >= 15 is 0 Å². The zero-order valence-corrected chi connectivity index (χ0v) is 16.1.